The molecule has 0 aromatic heterocycles. The lowest BCUT2D eigenvalue weighted by atomic mass is 10.1. The van der Waals surface area contributed by atoms with E-state index in [2.05, 4.69) is 26.6 Å². The quantitative estimate of drug-likeness (QED) is 0.877. The highest BCUT2D eigenvalue weighted by atomic mass is 79.9. The largest absolute Gasteiger partial charge is 0.326 e. The Kier molecular flexibility index (Phi) is 5.11. The predicted octanol–water partition coefficient (Wildman–Crippen LogP) is 4.05. The number of anilines is 2. The van der Waals surface area contributed by atoms with E-state index in [4.69, 9.17) is 0 Å². The van der Waals surface area contributed by atoms with Gasteiger partial charge < -0.3 is 10.6 Å². The standard InChI is InChI=1S/C16H15BrN2O2/c1-2-15(20)18-12-7-5-6-11(10-12)16(21)19-14-9-4-3-8-13(14)17/h3-10H,2H2,1H3,(H,18,20)(H,19,21). The number of carbonyl (C=O) groups is 2. The molecule has 0 spiro atoms. The summed E-state index contributed by atoms with van der Waals surface area (Å²) in [5, 5.41) is 5.56. The normalized spacial score (nSPS) is 10.0. The van der Waals surface area contributed by atoms with E-state index < -0.39 is 0 Å². The van der Waals surface area contributed by atoms with Gasteiger partial charge in [0.05, 0.1) is 5.69 Å². The van der Waals surface area contributed by atoms with Crippen molar-refractivity contribution in [2.45, 2.75) is 13.3 Å². The van der Waals surface area contributed by atoms with Crippen molar-refractivity contribution >= 4 is 39.1 Å². The number of nitrogens with one attached hydrogen (secondary N) is 2. The Labute approximate surface area is 131 Å². The molecule has 0 saturated heterocycles. The number of rotatable bonds is 4. The zero-order chi connectivity index (χ0) is 15.2. The molecule has 0 aliphatic heterocycles. The van der Waals surface area contributed by atoms with Gasteiger partial charge in [0.1, 0.15) is 0 Å². The van der Waals surface area contributed by atoms with Gasteiger partial charge in [-0.1, -0.05) is 25.1 Å². The zero-order valence-corrected chi connectivity index (χ0v) is 13.1. The fourth-order valence-corrected chi connectivity index (χ4v) is 2.13. The molecule has 0 unspecified atom stereocenters. The number of hydrogen-bond donors (Lipinski definition) is 2. The summed E-state index contributed by atoms with van der Waals surface area (Å²) in [7, 11) is 0. The van der Waals surface area contributed by atoms with Crippen molar-refractivity contribution in [1.82, 2.24) is 0 Å². The van der Waals surface area contributed by atoms with Gasteiger partial charge in [-0.2, -0.15) is 0 Å². The van der Waals surface area contributed by atoms with Gasteiger partial charge >= 0.3 is 0 Å². The van der Waals surface area contributed by atoms with Gasteiger partial charge in [-0.15, -0.1) is 0 Å². The number of hydrogen-bond acceptors (Lipinski definition) is 2. The van der Waals surface area contributed by atoms with Crippen LogP contribution in [0.25, 0.3) is 0 Å². The van der Waals surface area contributed by atoms with E-state index in [1.807, 2.05) is 24.3 Å². The molecule has 5 heteroatoms. The Bertz CT molecular complexity index is 671. The van der Waals surface area contributed by atoms with Crippen LogP contribution in [0.1, 0.15) is 23.7 Å². The van der Waals surface area contributed by atoms with Crippen LogP contribution in [0, 0.1) is 0 Å². The molecule has 0 saturated carbocycles. The highest BCUT2D eigenvalue weighted by molar-refractivity contribution is 9.10. The molecule has 0 atom stereocenters. The fourth-order valence-electron chi connectivity index (χ4n) is 1.74. The first-order chi connectivity index (χ1) is 10.1. The van der Waals surface area contributed by atoms with E-state index in [0.717, 1.165) is 4.47 Å². The first kappa shape index (κ1) is 15.3. The van der Waals surface area contributed by atoms with Crippen LogP contribution in [0.3, 0.4) is 0 Å². The van der Waals surface area contributed by atoms with Crippen molar-refractivity contribution in [3.8, 4) is 0 Å². The van der Waals surface area contributed by atoms with Gasteiger partial charge in [0, 0.05) is 22.1 Å². The summed E-state index contributed by atoms with van der Waals surface area (Å²) in [5.74, 6) is -0.312. The molecule has 0 fully saturated rings. The van der Waals surface area contributed by atoms with Gasteiger partial charge in [0.25, 0.3) is 5.91 Å². The number of benzene rings is 2. The van der Waals surface area contributed by atoms with Crippen molar-refractivity contribution in [2.24, 2.45) is 0 Å². The minimum atomic E-state index is -0.227. The number of carbonyl (C=O) groups excluding carboxylic acids is 2. The van der Waals surface area contributed by atoms with Crippen molar-refractivity contribution < 1.29 is 9.59 Å². The van der Waals surface area contributed by atoms with Crippen LogP contribution in [0.2, 0.25) is 0 Å². The van der Waals surface area contributed by atoms with Crippen LogP contribution < -0.4 is 10.6 Å². The second-order valence-corrected chi connectivity index (χ2v) is 5.27. The van der Waals surface area contributed by atoms with E-state index in [0.29, 0.717) is 23.4 Å². The van der Waals surface area contributed by atoms with Crippen molar-refractivity contribution in [3.63, 3.8) is 0 Å². The van der Waals surface area contributed by atoms with Crippen LogP contribution in [0.5, 0.6) is 0 Å². The molecule has 4 nitrogen and oxygen atoms in total. The second kappa shape index (κ2) is 7.04. The summed E-state index contributed by atoms with van der Waals surface area (Å²) >= 11 is 3.38. The van der Waals surface area contributed by atoms with Gasteiger partial charge in [-0.05, 0) is 46.3 Å². The summed E-state index contributed by atoms with van der Waals surface area (Å²) in [6.45, 7) is 1.78. The van der Waals surface area contributed by atoms with E-state index in [9.17, 15) is 9.59 Å². The van der Waals surface area contributed by atoms with Gasteiger partial charge in [0.15, 0.2) is 0 Å². The molecule has 21 heavy (non-hydrogen) atoms. The molecule has 0 heterocycles. The molecular formula is C16H15BrN2O2. The van der Waals surface area contributed by atoms with E-state index >= 15 is 0 Å². The smallest absolute Gasteiger partial charge is 0.255 e. The highest BCUT2D eigenvalue weighted by Crippen LogP contribution is 2.22. The molecule has 0 aliphatic rings. The zero-order valence-electron chi connectivity index (χ0n) is 11.5. The molecule has 2 aromatic carbocycles. The Balaban J connectivity index is 2.14. The van der Waals surface area contributed by atoms with Crippen molar-refractivity contribution in [1.29, 1.82) is 0 Å². The SMILES string of the molecule is CCC(=O)Nc1cccc(C(=O)Nc2ccccc2Br)c1. The molecule has 2 N–H and O–H groups in total. The Morgan fingerprint density at radius 1 is 1.05 bits per heavy atom. The third-order valence-corrected chi connectivity index (χ3v) is 3.54. The number of para-hydroxylation sites is 1. The monoisotopic (exact) mass is 346 g/mol. The molecule has 0 aliphatic carbocycles. The van der Waals surface area contributed by atoms with Crippen LogP contribution in [-0.4, -0.2) is 11.8 Å². The lowest BCUT2D eigenvalue weighted by Gasteiger charge is -2.09. The maximum Gasteiger partial charge on any atom is 0.255 e. The molecule has 0 bridgehead atoms. The minimum absolute atomic E-state index is 0.0849. The summed E-state index contributed by atoms with van der Waals surface area (Å²) < 4.78 is 0.814. The van der Waals surface area contributed by atoms with E-state index in [-0.39, 0.29) is 11.8 Å². The molecule has 2 rings (SSSR count). The van der Waals surface area contributed by atoms with Gasteiger partial charge in [-0.3, -0.25) is 9.59 Å². The number of amides is 2. The van der Waals surface area contributed by atoms with Gasteiger partial charge in [-0.25, -0.2) is 0 Å². The maximum atomic E-state index is 12.2. The Hall–Kier alpha value is -2.14. The first-order valence-electron chi connectivity index (χ1n) is 6.56. The van der Waals surface area contributed by atoms with Crippen LogP contribution in [0.4, 0.5) is 11.4 Å². The Morgan fingerprint density at radius 3 is 2.52 bits per heavy atom. The molecule has 2 amide bonds. The average Bonchev–Trinajstić information content (AvgIpc) is 2.49. The first-order valence-corrected chi connectivity index (χ1v) is 7.35. The van der Waals surface area contributed by atoms with Crippen LogP contribution in [-0.2, 0) is 4.79 Å². The summed E-state index contributed by atoms with van der Waals surface area (Å²) in [4.78, 5) is 23.6. The third kappa shape index (κ3) is 4.16. The fraction of sp³-hybridized carbons (Fsp3) is 0.125. The second-order valence-electron chi connectivity index (χ2n) is 4.42. The summed E-state index contributed by atoms with van der Waals surface area (Å²) in [6, 6.07) is 14.2. The van der Waals surface area contributed by atoms with Gasteiger partial charge in [0.2, 0.25) is 5.91 Å². The highest BCUT2D eigenvalue weighted by Gasteiger charge is 2.09. The molecule has 2 aromatic rings. The third-order valence-electron chi connectivity index (χ3n) is 2.85. The Morgan fingerprint density at radius 2 is 1.81 bits per heavy atom. The molecular weight excluding hydrogens is 332 g/mol. The van der Waals surface area contributed by atoms with Crippen molar-refractivity contribution in [2.75, 3.05) is 10.6 Å². The number of halogens is 1. The summed E-state index contributed by atoms with van der Waals surface area (Å²) in [5.41, 5.74) is 1.80. The lowest BCUT2D eigenvalue weighted by molar-refractivity contribution is -0.115. The van der Waals surface area contributed by atoms with E-state index in [1.165, 1.54) is 0 Å². The minimum Gasteiger partial charge on any atom is -0.326 e. The molecule has 108 valence electrons. The molecule has 0 radical (unpaired) electrons. The topological polar surface area (TPSA) is 58.2 Å². The lowest BCUT2D eigenvalue weighted by Crippen LogP contribution is -2.14. The predicted molar refractivity (Wildman–Crippen MR) is 87.5 cm³/mol. The van der Waals surface area contributed by atoms with Crippen molar-refractivity contribution in [3.05, 3.63) is 58.6 Å². The van der Waals surface area contributed by atoms with Crippen LogP contribution >= 0.6 is 15.9 Å². The van der Waals surface area contributed by atoms with E-state index in [1.54, 1.807) is 31.2 Å². The summed E-state index contributed by atoms with van der Waals surface area (Å²) in [6.07, 6.45) is 0.396. The van der Waals surface area contributed by atoms with Crippen LogP contribution in [0.15, 0.2) is 53.0 Å². The maximum absolute atomic E-state index is 12.2. The average molecular weight is 347 g/mol.